The fourth-order valence-corrected chi connectivity index (χ4v) is 1.41. The van der Waals surface area contributed by atoms with Gasteiger partial charge in [0.05, 0.1) is 0 Å². The Bertz CT molecular complexity index is 253. The number of rotatable bonds is 5. The fourth-order valence-electron chi connectivity index (χ4n) is 0.943. The van der Waals surface area contributed by atoms with Gasteiger partial charge in [-0.1, -0.05) is 0 Å². The van der Waals surface area contributed by atoms with Crippen LogP contribution in [-0.4, -0.2) is 40.8 Å². The molecule has 0 fully saturated rings. The van der Waals surface area contributed by atoms with Crippen molar-refractivity contribution in [2.75, 3.05) is 12.0 Å². The third-order valence-electron chi connectivity index (χ3n) is 1.60. The number of amides is 1. The van der Waals surface area contributed by atoms with E-state index in [2.05, 4.69) is 5.32 Å². The van der Waals surface area contributed by atoms with Gasteiger partial charge in [0.1, 0.15) is 11.6 Å². The molecule has 0 aliphatic carbocycles. The Morgan fingerprint density at radius 3 is 2.29 bits per heavy atom. The highest BCUT2D eigenvalue weighted by Gasteiger charge is 2.23. The van der Waals surface area contributed by atoms with E-state index < -0.39 is 23.7 Å². The number of ether oxygens (including phenoxy) is 1. The summed E-state index contributed by atoms with van der Waals surface area (Å²) in [7, 11) is 0. The van der Waals surface area contributed by atoms with E-state index in [1.54, 1.807) is 20.8 Å². The Morgan fingerprint density at radius 2 is 1.94 bits per heavy atom. The number of thioether (sulfide) groups is 1. The highest BCUT2D eigenvalue weighted by atomic mass is 32.2. The predicted octanol–water partition coefficient (Wildman–Crippen LogP) is 1.83. The second kappa shape index (κ2) is 8.52. The number of alkyl carbamates (subject to hydrolysis) is 1. The van der Waals surface area contributed by atoms with Gasteiger partial charge in [-0.05, 0) is 39.2 Å². The SMILES string of the molecule is CSCC[C@H](NC(=O)OC(C)(C)C)C(=O)O.S. The minimum atomic E-state index is -1.04. The molecule has 0 radical (unpaired) electrons. The highest BCUT2D eigenvalue weighted by molar-refractivity contribution is 7.98. The normalized spacial score (nSPS) is 12.2. The van der Waals surface area contributed by atoms with Gasteiger partial charge < -0.3 is 15.2 Å². The van der Waals surface area contributed by atoms with Gasteiger partial charge in [-0.2, -0.15) is 25.3 Å². The van der Waals surface area contributed by atoms with E-state index in [1.807, 2.05) is 6.26 Å². The summed E-state index contributed by atoms with van der Waals surface area (Å²) in [4.78, 5) is 22.2. The molecule has 0 aliphatic rings. The number of aliphatic carboxylic acids is 1. The molecule has 7 heteroatoms. The summed E-state index contributed by atoms with van der Waals surface area (Å²) in [5.41, 5.74) is -0.618. The Hall–Kier alpha value is -0.560. The molecule has 0 heterocycles. The van der Waals surface area contributed by atoms with Crippen LogP contribution in [-0.2, 0) is 9.53 Å². The lowest BCUT2D eigenvalue weighted by Gasteiger charge is -2.21. The van der Waals surface area contributed by atoms with Crippen molar-refractivity contribution in [1.82, 2.24) is 5.32 Å². The van der Waals surface area contributed by atoms with Gasteiger partial charge in [-0.3, -0.25) is 0 Å². The number of hydrogen-bond acceptors (Lipinski definition) is 4. The van der Waals surface area contributed by atoms with Gasteiger partial charge in [0.15, 0.2) is 0 Å². The lowest BCUT2D eigenvalue weighted by Crippen LogP contribution is -2.43. The van der Waals surface area contributed by atoms with Crippen molar-refractivity contribution < 1.29 is 19.4 Å². The van der Waals surface area contributed by atoms with Crippen LogP contribution in [0, 0.1) is 0 Å². The minimum absolute atomic E-state index is 0. The van der Waals surface area contributed by atoms with E-state index in [1.165, 1.54) is 11.8 Å². The number of carboxylic acid groups (broad SMARTS) is 1. The maximum absolute atomic E-state index is 11.3. The van der Waals surface area contributed by atoms with Gasteiger partial charge in [0, 0.05) is 0 Å². The Kier molecular flexibility index (Phi) is 9.42. The summed E-state index contributed by atoms with van der Waals surface area (Å²) in [5.74, 6) is -0.368. The average Bonchev–Trinajstić information content (AvgIpc) is 2.08. The molecule has 0 aromatic heterocycles. The Labute approximate surface area is 113 Å². The van der Waals surface area contributed by atoms with Crippen LogP contribution in [0.5, 0.6) is 0 Å². The fraction of sp³-hybridized carbons (Fsp3) is 0.800. The van der Waals surface area contributed by atoms with Gasteiger partial charge in [0.25, 0.3) is 0 Å². The summed E-state index contributed by atoms with van der Waals surface area (Å²) in [6, 6.07) is -0.887. The largest absolute Gasteiger partial charge is 0.480 e. The van der Waals surface area contributed by atoms with Crippen molar-refractivity contribution in [2.24, 2.45) is 0 Å². The van der Waals surface area contributed by atoms with Crippen molar-refractivity contribution in [3.8, 4) is 0 Å². The lowest BCUT2D eigenvalue weighted by molar-refractivity contribution is -0.139. The van der Waals surface area contributed by atoms with E-state index in [9.17, 15) is 9.59 Å². The first-order chi connectivity index (χ1) is 7.26. The first-order valence-electron chi connectivity index (χ1n) is 4.97. The van der Waals surface area contributed by atoms with E-state index in [0.29, 0.717) is 12.2 Å². The molecule has 102 valence electrons. The standard InChI is InChI=1S/C10H19NO4S.H2S/c1-10(2,3)15-9(14)11-7(8(12)13)5-6-16-4;/h7H,5-6H2,1-4H3,(H,11,14)(H,12,13);1H2/t7-;/m0./s1. The number of carbonyl (C=O) groups is 2. The molecule has 0 unspecified atom stereocenters. The summed E-state index contributed by atoms with van der Waals surface area (Å²) < 4.78 is 4.98. The lowest BCUT2D eigenvalue weighted by atomic mass is 10.2. The molecule has 0 saturated heterocycles. The third kappa shape index (κ3) is 10.3. The molecule has 1 atom stereocenters. The summed E-state index contributed by atoms with van der Waals surface area (Å²) in [5, 5.41) is 11.2. The number of carbonyl (C=O) groups excluding carboxylic acids is 1. The molecule has 0 aromatic carbocycles. The molecule has 0 rings (SSSR count). The molecule has 0 aromatic rings. The van der Waals surface area contributed by atoms with Crippen LogP contribution >= 0.6 is 25.3 Å². The second-order valence-corrected chi connectivity index (χ2v) is 5.30. The zero-order valence-electron chi connectivity index (χ0n) is 10.6. The van der Waals surface area contributed by atoms with Crippen LogP contribution < -0.4 is 5.32 Å². The average molecular weight is 283 g/mol. The second-order valence-electron chi connectivity index (χ2n) is 4.32. The summed E-state index contributed by atoms with van der Waals surface area (Å²) in [6.45, 7) is 5.18. The highest BCUT2D eigenvalue weighted by Crippen LogP contribution is 2.08. The van der Waals surface area contributed by atoms with Crippen molar-refractivity contribution in [3.63, 3.8) is 0 Å². The number of hydrogen-bond donors (Lipinski definition) is 2. The zero-order chi connectivity index (χ0) is 12.8. The Balaban J connectivity index is 0. The molecular formula is C10H21NO4S2. The molecule has 5 nitrogen and oxygen atoms in total. The van der Waals surface area contributed by atoms with Crippen molar-refractivity contribution in [2.45, 2.75) is 38.8 Å². The van der Waals surface area contributed by atoms with E-state index in [4.69, 9.17) is 9.84 Å². The smallest absolute Gasteiger partial charge is 0.408 e. The monoisotopic (exact) mass is 283 g/mol. The molecule has 0 bridgehead atoms. The molecule has 0 saturated carbocycles. The van der Waals surface area contributed by atoms with Crippen LogP contribution in [0.2, 0.25) is 0 Å². The van der Waals surface area contributed by atoms with Crippen LogP contribution in [0.15, 0.2) is 0 Å². The van der Waals surface area contributed by atoms with Gasteiger partial charge >= 0.3 is 12.1 Å². The summed E-state index contributed by atoms with van der Waals surface area (Å²) in [6.07, 6.45) is 1.57. The molecule has 17 heavy (non-hydrogen) atoms. The number of carboxylic acids is 1. The van der Waals surface area contributed by atoms with Gasteiger partial charge in [-0.25, -0.2) is 9.59 Å². The molecule has 0 aliphatic heterocycles. The molecule has 2 N–H and O–H groups in total. The number of nitrogens with one attached hydrogen (secondary N) is 1. The Morgan fingerprint density at radius 1 is 1.41 bits per heavy atom. The van der Waals surface area contributed by atoms with Crippen molar-refractivity contribution >= 4 is 37.3 Å². The van der Waals surface area contributed by atoms with Gasteiger partial charge in [0.2, 0.25) is 0 Å². The topological polar surface area (TPSA) is 75.6 Å². The van der Waals surface area contributed by atoms with Crippen molar-refractivity contribution in [1.29, 1.82) is 0 Å². The molecule has 1 amide bonds. The molecule has 0 spiro atoms. The zero-order valence-corrected chi connectivity index (χ0v) is 12.4. The maximum Gasteiger partial charge on any atom is 0.408 e. The van der Waals surface area contributed by atoms with Crippen LogP contribution in [0.1, 0.15) is 27.2 Å². The van der Waals surface area contributed by atoms with E-state index in [0.717, 1.165) is 0 Å². The van der Waals surface area contributed by atoms with Crippen LogP contribution in [0.4, 0.5) is 4.79 Å². The van der Waals surface area contributed by atoms with E-state index >= 15 is 0 Å². The van der Waals surface area contributed by atoms with E-state index in [-0.39, 0.29) is 13.5 Å². The maximum atomic E-state index is 11.3. The van der Waals surface area contributed by atoms with Crippen molar-refractivity contribution in [3.05, 3.63) is 0 Å². The first-order valence-corrected chi connectivity index (χ1v) is 6.37. The summed E-state index contributed by atoms with van der Waals surface area (Å²) >= 11 is 1.53. The minimum Gasteiger partial charge on any atom is -0.480 e. The van der Waals surface area contributed by atoms with Crippen LogP contribution in [0.3, 0.4) is 0 Å². The molecular weight excluding hydrogens is 262 g/mol. The quantitative estimate of drug-likeness (QED) is 0.805. The van der Waals surface area contributed by atoms with Crippen LogP contribution in [0.25, 0.3) is 0 Å². The predicted molar refractivity (Wildman–Crippen MR) is 74.2 cm³/mol. The third-order valence-corrected chi connectivity index (χ3v) is 2.24. The first kappa shape index (κ1) is 18.8. The van der Waals surface area contributed by atoms with Gasteiger partial charge in [-0.15, -0.1) is 0 Å².